The van der Waals surface area contributed by atoms with E-state index in [1.165, 1.54) is 0 Å². The van der Waals surface area contributed by atoms with Gasteiger partial charge in [-0.2, -0.15) is 0 Å². The normalized spacial score (nSPS) is 19.8. The average Bonchev–Trinajstić information content (AvgIpc) is 2.77. The van der Waals surface area contributed by atoms with E-state index in [0.29, 0.717) is 5.69 Å². The van der Waals surface area contributed by atoms with Crippen LogP contribution in [0.5, 0.6) is 0 Å². The van der Waals surface area contributed by atoms with E-state index in [1.807, 2.05) is 4.90 Å². The largest absolute Gasteiger partial charge is 0.399 e. The Morgan fingerprint density at radius 1 is 1.69 bits per heavy atom. The molecule has 1 aromatic rings. The number of pyridine rings is 1. The van der Waals surface area contributed by atoms with Crippen molar-refractivity contribution in [3.05, 3.63) is 18.3 Å². The minimum atomic E-state index is -0.112. The van der Waals surface area contributed by atoms with Gasteiger partial charge in [-0.1, -0.05) is 0 Å². The van der Waals surface area contributed by atoms with Gasteiger partial charge in [0.05, 0.1) is 0 Å². The van der Waals surface area contributed by atoms with Crippen LogP contribution in [0.4, 0.5) is 11.5 Å². The van der Waals surface area contributed by atoms with Gasteiger partial charge in [-0.15, -0.1) is 0 Å². The summed E-state index contributed by atoms with van der Waals surface area (Å²) in [4.78, 5) is 17.9. The number of nitrogens with one attached hydrogen (secondary N) is 1. The van der Waals surface area contributed by atoms with Gasteiger partial charge in [-0.05, 0) is 18.9 Å². The molecule has 2 heterocycles. The summed E-state index contributed by atoms with van der Waals surface area (Å²) in [5.41, 5.74) is 6.39. The van der Waals surface area contributed by atoms with Crippen LogP contribution in [0.15, 0.2) is 18.3 Å². The van der Waals surface area contributed by atoms with E-state index in [1.54, 1.807) is 25.4 Å². The molecule has 0 spiro atoms. The van der Waals surface area contributed by atoms with E-state index >= 15 is 0 Å². The summed E-state index contributed by atoms with van der Waals surface area (Å²) in [6, 6.07) is 3.44. The molecule has 1 aliphatic heterocycles. The standard InChI is InChI=1S/C11H16N4O/c1-13-11(16)9-3-2-6-15(9)10-7-8(12)4-5-14-10/h4-5,7,9H,2-3,6H2,1H3,(H2,12,14)(H,13,16). The molecule has 1 aromatic heterocycles. The van der Waals surface area contributed by atoms with E-state index < -0.39 is 0 Å². The van der Waals surface area contributed by atoms with Gasteiger partial charge in [-0.3, -0.25) is 4.79 Å². The van der Waals surface area contributed by atoms with Crippen LogP contribution in [0, 0.1) is 0 Å². The molecule has 1 atom stereocenters. The van der Waals surface area contributed by atoms with Crippen molar-refractivity contribution in [2.24, 2.45) is 0 Å². The predicted octanol–water partition coefficient (Wildman–Crippen LogP) is 0.379. The Kier molecular flexibility index (Phi) is 2.94. The Balaban J connectivity index is 2.23. The van der Waals surface area contributed by atoms with E-state index in [2.05, 4.69) is 10.3 Å². The number of hydrogen-bond donors (Lipinski definition) is 2. The Morgan fingerprint density at radius 2 is 2.50 bits per heavy atom. The van der Waals surface area contributed by atoms with Crippen LogP contribution in [-0.4, -0.2) is 30.5 Å². The molecule has 0 saturated carbocycles. The highest BCUT2D eigenvalue weighted by atomic mass is 16.2. The first kappa shape index (κ1) is 10.7. The Morgan fingerprint density at radius 3 is 3.19 bits per heavy atom. The molecule has 0 bridgehead atoms. The first-order valence-corrected chi connectivity index (χ1v) is 5.42. The van der Waals surface area contributed by atoms with Crippen LogP contribution >= 0.6 is 0 Å². The maximum Gasteiger partial charge on any atom is 0.242 e. The molecule has 16 heavy (non-hydrogen) atoms. The van der Waals surface area contributed by atoms with Crippen molar-refractivity contribution in [3.63, 3.8) is 0 Å². The molecule has 0 aromatic carbocycles. The molecule has 5 heteroatoms. The van der Waals surface area contributed by atoms with Gasteiger partial charge >= 0.3 is 0 Å². The molecule has 1 unspecified atom stereocenters. The zero-order valence-corrected chi connectivity index (χ0v) is 9.31. The van der Waals surface area contributed by atoms with Crippen molar-refractivity contribution in [2.45, 2.75) is 18.9 Å². The number of nitrogen functional groups attached to an aromatic ring is 1. The predicted molar refractivity (Wildman–Crippen MR) is 63.1 cm³/mol. The fourth-order valence-electron chi connectivity index (χ4n) is 2.07. The van der Waals surface area contributed by atoms with Gasteiger partial charge in [0.25, 0.3) is 0 Å². The SMILES string of the molecule is CNC(=O)C1CCCN1c1cc(N)ccn1. The molecule has 5 nitrogen and oxygen atoms in total. The monoisotopic (exact) mass is 220 g/mol. The lowest BCUT2D eigenvalue weighted by atomic mass is 10.2. The molecule has 3 N–H and O–H groups in total. The maximum absolute atomic E-state index is 11.7. The van der Waals surface area contributed by atoms with Crippen LogP contribution < -0.4 is 16.0 Å². The molecule has 2 rings (SSSR count). The van der Waals surface area contributed by atoms with Gasteiger partial charge in [0.15, 0.2) is 0 Å². The number of amides is 1. The van der Waals surface area contributed by atoms with Crippen LogP contribution in [0.2, 0.25) is 0 Å². The van der Waals surface area contributed by atoms with Gasteiger partial charge in [0.1, 0.15) is 11.9 Å². The van der Waals surface area contributed by atoms with Crippen molar-refractivity contribution < 1.29 is 4.79 Å². The lowest BCUT2D eigenvalue weighted by Crippen LogP contribution is -2.42. The third kappa shape index (κ3) is 1.93. The summed E-state index contributed by atoms with van der Waals surface area (Å²) in [6.45, 7) is 0.856. The highest BCUT2D eigenvalue weighted by molar-refractivity contribution is 5.85. The summed E-state index contributed by atoms with van der Waals surface area (Å²) in [5, 5.41) is 2.68. The summed E-state index contributed by atoms with van der Waals surface area (Å²) in [6.07, 6.45) is 3.55. The number of anilines is 2. The lowest BCUT2D eigenvalue weighted by molar-refractivity contribution is -0.121. The van der Waals surface area contributed by atoms with Crippen LogP contribution in [0.25, 0.3) is 0 Å². The van der Waals surface area contributed by atoms with Gasteiger partial charge < -0.3 is 16.0 Å². The summed E-state index contributed by atoms with van der Waals surface area (Å²) < 4.78 is 0. The first-order valence-electron chi connectivity index (χ1n) is 5.42. The number of aromatic nitrogens is 1. The molecule has 86 valence electrons. The first-order chi connectivity index (χ1) is 7.72. The summed E-state index contributed by atoms with van der Waals surface area (Å²) >= 11 is 0. The van der Waals surface area contributed by atoms with Gasteiger partial charge in [0.2, 0.25) is 5.91 Å². The molecule has 1 fully saturated rings. The summed E-state index contributed by atoms with van der Waals surface area (Å²) in [5.74, 6) is 0.827. The van der Waals surface area contributed by atoms with E-state index in [4.69, 9.17) is 5.73 Å². The molecular formula is C11H16N4O. The second-order valence-electron chi connectivity index (χ2n) is 3.91. The number of carbonyl (C=O) groups excluding carboxylic acids is 1. The second-order valence-corrected chi connectivity index (χ2v) is 3.91. The highest BCUT2D eigenvalue weighted by Crippen LogP contribution is 2.24. The Bertz CT molecular complexity index is 393. The molecule has 0 radical (unpaired) electrons. The zero-order valence-electron chi connectivity index (χ0n) is 9.31. The van der Waals surface area contributed by atoms with Crippen molar-refractivity contribution in [2.75, 3.05) is 24.2 Å². The van der Waals surface area contributed by atoms with E-state index in [9.17, 15) is 4.79 Å². The number of nitrogens with zero attached hydrogens (tertiary/aromatic N) is 2. The van der Waals surface area contributed by atoms with Gasteiger partial charge in [-0.25, -0.2) is 4.98 Å². The maximum atomic E-state index is 11.7. The topological polar surface area (TPSA) is 71.2 Å². The quantitative estimate of drug-likeness (QED) is 0.755. The number of carbonyl (C=O) groups is 1. The van der Waals surface area contributed by atoms with Crippen LogP contribution in [0.3, 0.4) is 0 Å². The fourth-order valence-corrected chi connectivity index (χ4v) is 2.07. The molecule has 1 amide bonds. The minimum absolute atomic E-state index is 0.0433. The van der Waals surface area contributed by atoms with Crippen molar-refractivity contribution in [1.29, 1.82) is 0 Å². The smallest absolute Gasteiger partial charge is 0.242 e. The molecule has 1 aliphatic rings. The number of likely N-dealkylation sites (N-methyl/N-ethyl adjacent to an activating group) is 1. The molecule has 0 aliphatic carbocycles. The van der Waals surface area contributed by atoms with E-state index in [0.717, 1.165) is 25.2 Å². The number of rotatable bonds is 2. The van der Waals surface area contributed by atoms with Gasteiger partial charge in [0, 0.05) is 31.5 Å². The zero-order chi connectivity index (χ0) is 11.5. The van der Waals surface area contributed by atoms with E-state index in [-0.39, 0.29) is 11.9 Å². The third-order valence-corrected chi connectivity index (χ3v) is 2.87. The highest BCUT2D eigenvalue weighted by Gasteiger charge is 2.30. The number of hydrogen-bond acceptors (Lipinski definition) is 4. The molecular weight excluding hydrogens is 204 g/mol. The number of nitrogens with two attached hydrogens (primary N) is 1. The fraction of sp³-hybridized carbons (Fsp3) is 0.455. The Hall–Kier alpha value is -1.78. The molecule has 1 saturated heterocycles. The van der Waals surface area contributed by atoms with Crippen LogP contribution in [0.1, 0.15) is 12.8 Å². The minimum Gasteiger partial charge on any atom is -0.399 e. The summed E-state index contributed by atoms with van der Waals surface area (Å²) in [7, 11) is 1.66. The Labute approximate surface area is 94.6 Å². The van der Waals surface area contributed by atoms with Crippen molar-refractivity contribution >= 4 is 17.4 Å². The lowest BCUT2D eigenvalue weighted by Gasteiger charge is -2.24. The average molecular weight is 220 g/mol. The van der Waals surface area contributed by atoms with Crippen LogP contribution in [-0.2, 0) is 4.79 Å². The second kappa shape index (κ2) is 4.38. The third-order valence-electron chi connectivity index (χ3n) is 2.87. The van der Waals surface area contributed by atoms with Crippen molar-refractivity contribution in [3.8, 4) is 0 Å². The van der Waals surface area contributed by atoms with Crippen molar-refractivity contribution in [1.82, 2.24) is 10.3 Å².